The highest BCUT2D eigenvalue weighted by atomic mass is 16.5. The molecule has 0 spiro atoms. The van der Waals surface area contributed by atoms with E-state index in [4.69, 9.17) is 4.74 Å². The second-order valence-electron chi connectivity index (χ2n) is 7.88. The van der Waals surface area contributed by atoms with Crippen LogP contribution in [-0.2, 0) is 9.53 Å². The highest BCUT2D eigenvalue weighted by Crippen LogP contribution is 2.17. The maximum absolute atomic E-state index is 12.7. The maximum atomic E-state index is 12.7. The third-order valence-corrected chi connectivity index (χ3v) is 5.07. The van der Waals surface area contributed by atoms with E-state index in [2.05, 4.69) is 19.8 Å². The lowest BCUT2D eigenvalue weighted by atomic mass is 10.2. The molecule has 3 heterocycles. The van der Waals surface area contributed by atoms with Crippen LogP contribution >= 0.6 is 0 Å². The van der Waals surface area contributed by atoms with Gasteiger partial charge in [0.05, 0.1) is 18.8 Å². The molecule has 0 aliphatic carbocycles. The van der Waals surface area contributed by atoms with Crippen LogP contribution in [0.15, 0.2) is 6.07 Å². The minimum Gasteiger partial charge on any atom is -0.372 e. The summed E-state index contributed by atoms with van der Waals surface area (Å²) < 4.78 is 5.72. The third-order valence-electron chi connectivity index (χ3n) is 5.07. The molecule has 0 N–H and O–H groups in total. The van der Waals surface area contributed by atoms with Gasteiger partial charge in [-0.05, 0) is 20.8 Å². The molecule has 0 bridgehead atoms. The highest BCUT2D eigenvalue weighted by molar-refractivity contribution is 5.78. The van der Waals surface area contributed by atoms with E-state index in [0.29, 0.717) is 19.6 Å². The minimum absolute atomic E-state index is 0.110. The molecule has 2 aliphatic rings. The summed E-state index contributed by atoms with van der Waals surface area (Å²) in [4.78, 5) is 30.3. The number of piperazine rings is 1. The maximum Gasteiger partial charge on any atom is 0.236 e. The monoisotopic (exact) mass is 376 g/mol. The molecule has 3 rings (SSSR count). The SMILES string of the molecule is Cc1cc(N(C)C)nc(N2CCN(CC(=O)N3CC(C)OC(C)C3)CC2)n1. The molecule has 0 aromatic carbocycles. The van der Waals surface area contributed by atoms with Crippen molar-refractivity contribution in [3.8, 4) is 0 Å². The quantitative estimate of drug-likeness (QED) is 0.763. The molecule has 8 heteroatoms. The van der Waals surface area contributed by atoms with Gasteiger partial charge in [-0.1, -0.05) is 0 Å². The number of ether oxygens (including phenoxy) is 1. The van der Waals surface area contributed by atoms with Gasteiger partial charge in [0.25, 0.3) is 0 Å². The summed E-state index contributed by atoms with van der Waals surface area (Å²) in [6.45, 7) is 11.3. The Balaban J connectivity index is 1.54. The van der Waals surface area contributed by atoms with Crippen molar-refractivity contribution in [1.29, 1.82) is 0 Å². The summed E-state index contributed by atoms with van der Waals surface area (Å²) in [6.07, 6.45) is 0.220. The van der Waals surface area contributed by atoms with Crippen molar-refractivity contribution in [1.82, 2.24) is 19.8 Å². The van der Waals surface area contributed by atoms with Gasteiger partial charge in [-0.2, -0.15) is 4.98 Å². The van der Waals surface area contributed by atoms with Gasteiger partial charge < -0.3 is 19.4 Å². The van der Waals surface area contributed by atoms with Crippen molar-refractivity contribution in [2.75, 3.05) is 69.7 Å². The fraction of sp³-hybridized carbons (Fsp3) is 0.737. The molecular formula is C19H32N6O2. The Kier molecular flexibility index (Phi) is 6.16. The number of anilines is 2. The normalized spacial score (nSPS) is 24.2. The number of hydrogen-bond acceptors (Lipinski definition) is 7. The standard InChI is InChI=1S/C19H32N6O2/c1-14-10-17(22(4)5)21-19(20-14)24-8-6-23(7-9-24)13-18(26)25-11-15(2)27-16(3)12-25/h10,15-16H,6-9,11-13H2,1-5H3. The molecule has 2 unspecified atom stereocenters. The molecule has 1 aromatic heterocycles. The summed E-state index contributed by atoms with van der Waals surface area (Å²) in [5, 5.41) is 0. The number of aromatic nitrogens is 2. The van der Waals surface area contributed by atoms with E-state index in [-0.39, 0.29) is 18.1 Å². The molecule has 27 heavy (non-hydrogen) atoms. The Hall–Kier alpha value is -1.93. The average Bonchev–Trinajstić information content (AvgIpc) is 2.61. The zero-order valence-electron chi connectivity index (χ0n) is 17.2. The van der Waals surface area contributed by atoms with Crippen LogP contribution in [0, 0.1) is 6.92 Å². The van der Waals surface area contributed by atoms with Crippen molar-refractivity contribution in [3.63, 3.8) is 0 Å². The number of carbonyl (C=O) groups excluding carboxylic acids is 1. The highest BCUT2D eigenvalue weighted by Gasteiger charge is 2.28. The van der Waals surface area contributed by atoms with Crippen molar-refractivity contribution >= 4 is 17.7 Å². The molecule has 2 fully saturated rings. The van der Waals surface area contributed by atoms with E-state index < -0.39 is 0 Å². The summed E-state index contributed by atoms with van der Waals surface area (Å²) in [5.74, 6) is 1.90. The number of rotatable bonds is 4. The number of hydrogen-bond donors (Lipinski definition) is 0. The van der Waals surface area contributed by atoms with Crippen LogP contribution in [0.5, 0.6) is 0 Å². The minimum atomic E-state index is 0.110. The van der Waals surface area contributed by atoms with E-state index in [9.17, 15) is 4.79 Å². The van der Waals surface area contributed by atoms with Gasteiger partial charge in [0.15, 0.2) is 0 Å². The fourth-order valence-electron chi connectivity index (χ4n) is 3.69. The first-order chi connectivity index (χ1) is 12.8. The molecule has 0 saturated carbocycles. The van der Waals surface area contributed by atoms with Gasteiger partial charge in [-0.15, -0.1) is 0 Å². The predicted molar refractivity (Wildman–Crippen MR) is 106 cm³/mol. The average molecular weight is 377 g/mol. The predicted octanol–water partition coefficient (Wildman–Crippen LogP) is 0.609. The van der Waals surface area contributed by atoms with Crippen molar-refractivity contribution in [2.45, 2.75) is 33.0 Å². The first kappa shape index (κ1) is 19.8. The van der Waals surface area contributed by atoms with Gasteiger partial charge in [-0.25, -0.2) is 4.98 Å². The molecule has 8 nitrogen and oxygen atoms in total. The molecule has 2 saturated heterocycles. The number of amides is 1. The number of morpholine rings is 1. The van der Waals surface area contributed by atoms with E-state index in [0.717, 1.165) is 43.6 Å². The van der Waals surface area contributed by atoms with Crippen LogP contribution in [0.3, 0.4) is 0 Å². The summed E-state index contributed by atoms with van der Waals surface area (Å²) in [6, 6.07) is 1.99. The Labute approximate surface area is 162 Å². The van der Waals surface area contributed by atoms with Gasteiger partial charge in [0, 0.05) is 65.1 Å². The largest absolute Gasteiger partial charge is 0.372 e. The summed E-state index contributed by atoms with van der Waals surface area (Å²) in [7, 11) is 3.98. The van der Waals surface area contributed by atoms with Crippen LogP contribution in [-0.4, -0.2) is 97.8 Å². The van der Waals surface area contributed by atoms with Crippen molar-refractivity contribution in [2.24, 2.45) is 0 Å². The molecule has 2 atom stereocenters. The Bertz CT molecular complexity index is 650. The van der Waals surface area contributed by atoms with Crippen LogP contribution in [0.4, 0.5) is 11.8 Å². The van der Waals surface area contributed by atoms with Crippen LogP contribution in [0.25, 0.3) is 0 Å². The van der Waals surface area contributed by atoms with Crippen LogP contribution in [0.1, 0.15) is 19.5 Å². The molecule has 150 valence electrons. The second kappa shape index (κ2) is 8.39. The molecule has 0 radical (unpaired) electrons. The first-order valence-corrected chi connectivity index (χ1v) is 9.75. The summed E-state index contributed by atoms with van der Waals surface area (Å²) >= 11 is 0. The molecule has 1 aromatic rings. The number of carbonyl (C=O) groups is 1. The Morgan fingerprint density at radius 3 is 2.37 bits per heavy atom. The van der Waals surface area contributed by atoms with Crippen LogP contribution in [0.2, 0.25) is 0 Å². The third kappa shape index (κ3) is 5.07. The summed E-state index contributed by atoms with van der Waals surface area (Å²) in [5.41, 5.74) is 0.969. The van der Waals surface area contributed by atoms with Gasteiger partial charge in [-0.3, -0.25) is 9.69 Å². The van der Waals surface area contributed by atoms with Gasteiger partial charge in [0.1, 0.15) is 5.82 Å². The van der Waals surface area contributed by atoms with E-state index >= 15 is 0 Å². The van der Waals surface area contributed by atoms with Crippen molar-refractivity contribution < 1.29 is 9.53 Å². The Morgan fingerprint density at radius 2 is 1.78 bits per heavy atom. The molecule has 2 aliphatic heterocycles. The lowest BCUT2D eigenvalue weighted by Crippen LogP contribution is -2.54. The van der Waals surface area contributed by atoms with Gasteiger partial charge in [0.2, 0.25) is 11.9 Å². The topological polar surface area (TPSA) is 65.0 Å². The number of aryl methyl sites for hydroxylation is 1. The van der Waals surface area contributed by atoms with E-state index in [1.165, 1.54) is 0 Å². The fourth-order valence-corrected chi connectivity index (χ4v) is 3.69. The smallest absolute Gasteiger partial charge is 0.236 e. The van der Waals surface area contributed by atoms with Crippen LogP contribution < -0.4 is 9.80 Å². The molecule has 1 amide bonds. The first-order valence-electron chi connectivity index (χ1n) is 9.75. The Morgan fingerprint density at radius 1 is 1.15 bits per heavy atom. The zero-order chi connectivity index (χ0) is 19.6. The lowest BCUT2D eigenvalue weighted by molar-refractivity contribution is -0.144. The van der Waals surface area contributed by atoms with Crippen molar-refractivity contribution in [3.05, 3.63) is 11.8 Å². The number of nitrogens with zero attached hydrogens (tertiary/aromatic N) is 6. The van der Waals surface area contributed by atoms with E-state index in [1.54, 1.807) is 0 Å². The van der Waals surface area contributed by atoms with E-state index in [1.807, 2.05) is 50.7 Å². The second-order valence-corrected chi connectivity index (χ2v) is 7.88. The molecular weight excluding hydrogens is 344 g/mol. The lowest BCUT2D eigenvalue weighted by Gasteiger charge is -2.38. The van der Waals surface area contributed by atoms with Gasteiger partial charge >= 0.3 is 0 Å². The zero-order valence-corrected chi connectivity index (χ0v) is 17.2.